The first kappa shape index (κ1) is 18.3. The molecule has 1 amide bonds. The molecule has 1 saturated heterocycles. The van der Waals surface area contributed by atoms with Crippen LogP contribution in [0.25, 0.3) is 11.4 Å². The standard InChI is InChI=1S/C22H24N4O2/c1-16-6-2-3-9-19(16)22-24-20(28-25-22)12-18-8-5-11-26(15-18)21(27)13-17-7-4-10-23-14-17/h2-4,6-7,9-10,14,18H,5,8,11-13,15H2,1H3/t18-/m0/s1. The number of likely N-dealkylation sites (tertiary alicyclic amines) is 1. The molecular formula is C22H24N4O2. The van der Waals surface area contributed by atoms with Crippen LogP contribution >= 0.6 is 0 Å². The van der Waals surface area contributed by atoms with Gasteiger partial charge < -0.3 is 9.42 Å². The Morgan fingerprint density at radius 1 is 1.25 bits per heavy atom. The van der Waals surface area contributed by atoms with E-state index in [0.717, 1.165) is 42.6 Å². The summed E-state index contributed by atoms with van der Waals surface area (Å²) in [6.07, 6.45) is 6.65. The summed E-state index contributed by atoms with van der Waals surface area (Å²) in [6, 6.07) is 11.8. The zero-order valence-electron chi connectivity index (χ0n) is 16.0. The molecule has 6 nitrogen and oxygen atoms in total. The Hall–Kier alpha value is -3.02. The van der Waals surface area contributed by atoms with Crippen LogP contribution in [0.15, 0.2) is 53.3 Å². The van der Waals surface area contributed by atoms with Crippen molar-refractivity contribution >= 4 is 5.91 Å². The average Bonchev–Trinajstić information content (AvgIpc) is 3.17. The lowest BCUT2D eigenvalue weighted by molar-refractivity contribution is -0.132. The highest BCUT2D eigenvalue weighted by atomic mass is 16.5. The smallest absolute Gasteiger partial charge is 0.227 e. The Kier molecular flexibility index (Phi) is 5.46. The molecule has 0 aliphatic carbocycles. The molecule has 0 radical (unpaired) electrons. The van der Waals surface area contributed by atoms with Gasteiger partial charge in [0.05, 0.1) is 6.42 Å². The normalized spacial score (nSPS) is 16.9. The second-order valence-electron chi connectivity index (χ2n) is 7.42. The summed E-state index contributed by atoms with van der Waals surface area (Å²) in [4.78, 5) is 23.3. The van der Waals surface area contributed by atoms with Gasteiger partial charge in [-0.3, -0.25) is 9.78 Å². The number of pyridine rings is 1. The number of carbonyl (C=O) groups is 1. The Morgan fingerprint density at radius 2 is 2.14 bits per heavy atom. The predicted octanol–water partition coefficient (Wildman–Crippen LogP) is 3.46. The molecule has 0 saturated carbocycles. The minimum atomic E-state index is 0.156. The third-order valence-electron chi connectivity index (χ3n) is 5.27. The van der Waals surface area contributed by atoms with E-state index in [0.29, 0.717) is 30.5 Å². The van der Waals surface area contributed by atoms with Gasteiger partial charge in [-0.25, -0.2) is 0 Å². The van der Waals surface area contributed by atoms with E-state index in [2.05, 4.69) is 15.1 Å². The van der Waals surface area contributed by atoms with Crippen molar-refractivity contribution in [2.75, 3.05) is 13.1 Å². The highest BCUT2D eigenvalue weighted by Crippen LogP contribution is 2.24. The van der Waals surface area contributed by atoms with Gasteiger partial charge in [-0.2, -0.15) is 4.98 Å². The highest BCUT2D eigenvalue weighted by molar-refractivity contribution is 5.78. The summed E-state index contributed by atoms with van der Waals surface area (Å²) >= 11 is 0. The molecule has 1 fully saturated rings. The predicted molar refractivity (Wildman–Crippen MR) is 105 cm³/mol. The summed E-state index contributed by atoms with van der Waals surface area (Å²) in [6.45, 7) is 3.59. The molecule has 6 heteroatoms. The summed E-state index contributed by atoms with van der Waals surface area (Å²) in [5.41, 5.74) is 3.07. The topological polar surface area (TPSA) is 72.1 Å². The minimum absolute atomic E-state index is 0.156. The van der Waals surface area contributed by atoms with Gasteiger partial charge in [0.1, 0.15) is 0 Å². The number of aryl methyl sites for hydroxylation is 1. The van der Waals surface area contributed by atoms with E-state index in [9.17, 15) is 4.79 Å². The van der Waals surface area contributed by atoms with Crippen molar-refractivity contribution in [3.63, 3.8) is 0 Å². The number of carbonyl (C=O) groups excluding carboxylic acids is 1. The Bertz CT molecular complexity index is 938. The maximum absolute atomic E-state index is 12.6. The quantitative estimate of drug-likeness (QED) is 0.682. The summed E-state index contributed by atoms with van der Waals surface area (Å²) in [5.74, 6) is 1.78. The second kappa shape index (κ2) is 8.33. The van der Waals surface area contributed by atoms with Crippen molar-refractivity contribution < 1.29 is 9.32 Å². The van der Waals surface area contributed by atoms with E-state index in [1.165, 1.54) is 0 Å². The zero-order chi connectivity index (χ0) is 19.3. The molecule has 1 atom stereocenters. The molecule has 3 aromatic rings. The van der Waals surface area contributed by atoms with Gasteiger partial charge in [0, 0.05) is 37.5 Å². The molecule has 0 spiro atoms. The first-order valence-electron chi connectivity index (χ1n) is 9.74. The van der Waals surface area contributed by atoms with Gasteiger partial charge in [0.15, 0.2) is 0 Å². The van der Waals surface area contributed by atoms with E-state index >= 15 is 0 Å². The number of rotatable bonds is 5. The molecular weight excluding hydrogens is 352 g/mol. The molecule has 4 rings (SSSR count). The highest BCUT2D eigenvalue weighted by Gasteiger charge is 2.25. The summed E-state index contributed by atoms with van der Waals surface area (Å²) in [7, 11) is 0. The van der Waals surface area contributed by atoms with Crippen molar-refractivity contribution in [3.05, 3.63) is 65.8 Å². The van der Waals surface area contributed by atoms with Gasteiger partial charge in [0.25, 0.3) is 0 Å². The second-order valence-corrected chi connectivity index (χ2v) is 7.42. The number of hydrogen-bond donors (Lipinski definition) is 0. The molecule has 0 unspecified atom stereocenters. The fourth-order valence-corrected chi connectivity index (χ4v) is 3.77. The monoisotopic (exact) mass is 376 g/mol. The molecule has 28 heavy (non-hydrogen) atoms. The van der Waals surface area contributed by atoms with Crippen molar-refractivity contribution in [3.8, 4) is 11.4 Å². The molecule has 1 aromatic carbocycles. The molecule has 2 aromatic heterocycles. The van der Waals surface area contributed by atoms with Crippen LogP contribution in [-0.4, -0.2) is 39.0 Å². The third kappa shape index (κ3) is 4.27. The van der Waals surface area contributed by atoms with E-state index in [1.807, 2.05) is 48.2 Å². The first-order valence-corrected chi connectivity index (χ1v) is 9.74. The van der Waals surface area contributed by atoms with Gasteiger partial charge in [-0.15, -0.1) is 0 Å². The third-order valence-corrected chi connectivity index (χ3v) is 5.27. The van der Waals surface area contributed by atoms with Gasteiger partial charge >= 0.3 is 0 Å². The molecule has 0 bridgehead atoms. The maximum Gasteiger partial charge on any atom is 0.227 e. The maximum atomic E-state index is 12.6. The van der Waals surface area contributed by atoms with Crippen LogP contribution in [-0.2, 0) is 17.6 Å². The zero-order valence-corrected chi connectivity index (χ0v) is 16.0. The fraction of sp³-hybridized carbons (Fsp3) is 0.364. The summed E-state index contributed by atoms with van der Waals surface area (Å²) in [5, 5.41) is 4.15. The van der Waals surface area contributed by atoms with Crippen LogP contribution in [0.4, 0.5) is 0 Å². The molecule has 1 aliphatic rings. The lowest BCUT2D eigenvalue weighted by atomic mass is 9.94. The van der Waals surface area contributed by atoms with E-state index in [4.69, 9.17) is 4.52 Å². The minimum Gasteiger partial charge on any atom is -0.342 e. The van der Waals surface area contributed by atoms with E-state index in [1.54, 1.807) is 12.4 Å². The molecule has 3 heterocycles. The van der Waals surface area contributed by atoms with Crippen LogP contribution in [0.3, 0.4) is 0 Å². The Labute approximate surface area is 164 Å². The SMILES string of the molecule is Cc1ccccc1-c1noc(C[C@@H]2CCCN(C(=O)Cc3cccnc3)C2)n1. The van der Waals surface area contributed by atoms with Crippen LogP contribution in [0.1, 0.15) is 29.9 Å². The lowest BCUT2D eigenvalue weighted by Crippen LogP contribution is -2.41. The van der Waals surface area contributed by atoms with Crippen molar-refractivity contribution in [2.24, 2.45) is 5.92 Å². The molecule has 144 valence electrons. The largest absolute Gasteiger partial charge is 0.342 e. The van der Waals surface area contributed by atoms with Crippen LogP contribution in [0.2, 0.25) is 0 Å². The number of piperidine rings is 1. The van der Waals surface area contributed by atoms with Crippen LogP contribution < -0.4 is 0 Å². The van der Waals surface area contributed by atoms with Crippen molar-refractivity contribution in [1.82, 2.24) is 20.0 Å². The van der Waals surface area contributed by atoms with E-state index < -0.39 is 0 Å². The van der Waals surface area contributed by atoms with E-state index in [-0.39, 0.29) is 5.91 Å². The Morgan fingerprint density at radius 3 is 2.96 bits per heavy atom. The van der Waals surface area contributed by atoms with Crippen molar-refractivity contribution in [2.45, 2.75) is 32.6 Å². The van der Waals surface area contributed by atoms with Gasteiger partial charge in [0.2, 0.25) is 17.6 Å². The first-order chi connectivity index (χ1) is 13.7. The molecule has 1 aliphatic heterocycles. The number of aromatic nitrogens is 3. The van der Waals surface area contributed by atoms with Crippen molar-refractivity contribution in [1.29, 1.82) is 0 Å². The average molecular weight is 376 g/mol. The number of amides is 1. The fourth-order valence-electron chi connectivity index (χ4n) is 3.77. The Balaban J connectivity index is 1.38. The van der Waals surface area contributed by atoms with Gasteiger partial charge in [-0.1, -0.05) is 35.5 Å². The van der Waals surface area contributed by atoms with Crippen LogP contribution in [0.5, 0.6) is 0 Å². The number of benzene rings is 1. The van der Waals surface area contributed by atoms with Crippen LogP contribution in [0, 0.1) is 12.8 Å². The molecule has 0 N–H and O–H groups in total. The lowest BCUT2D eigenvalue weighted by Gasteiger charge is -2.32. The van der Waals surface area contributed by atoms with Gasteiger partial charge in [-0.05, 0) is 42.9 Å². The number of hydrogen-bond acceptors (Lipinski definition) is 5. The number of nitrogens with zero attached hydrogens (tertiary/aromatic N) is 4. The summed E-state index contributed by atoms with van der Waals surface area (Å²) < 4.78 is 5.50.